The highest BCUT2D eigenvalue weighted by atomic mass is 15.1. The fraction of sp³-hybridized carbons (Fsp3) is 0. The Morgan fingerprint density at radius 3 is 1.04 bits per heavy atom. The van der Waals surface area contributed by atoms with Crippen LogP contribution in [-0.2, 0) is 0 Å². The molecule has 0 saturated heterocycles. The van der Waals surface area contributed by atoms with Gasteiger partial charge in [-0.3, -0.25) is 0 Å². The van der Waals surface area contributed by atoms with E-state index >= 15 is 0 Å². The molecule has 0 unspecified atom stereocenters. The van der Waals surface area contributed by atoms with Crippen LogP contribution < -0.4 is 0 Å². The van der Waals surface area contributed by atoms with Gasteiger partial charge in [0.1, 0.15) is 0 Å². The third kappa shape index (κ3) is 7.94. The third-order valence-electron chi connectivity index (χ3n) is 21.2. The van der Waals surface area contributed by atoms with Crippen LogP contribution in [0.15, 0.2) is 334 Å². The molecule has 7 nitrogen and oxygen atoms in total. The predicted molar refractivity (Wildman–Crippen MR) is 419 cm³/mol. The summed E-state index contributed by atoms with van der Waals surface area (Å²) in [6.07, 6.45) is 0. The highest BCUT2D eigenvalue weighted by Crippen LogP contribution is 2.49. The molecule has 462 valence electrons. The average Bonchev–Trinajstić information content (AvgIpc) is 1.53. The SMILES string of the molecule is c1ccc(-c2nc(-c3cc(-n4c5ccc6c7ccc8ccccc8c7n(-c7ccc8ccccc8c7)c6c5c5ccc6ccccc6c54)cc(-n4c5c6ccccc6ccc5c5ccc6c(c7ccc8ccccc8c7n6-c6ccccc6)c54)c3)nc(-c3ccc4ccccc4c3)n2)cc1. The number of fused-ring (bicyclic) bond motifs is 24. The first kappa shape index (κ1) is 54.7. The Bertz CT molecular complexity index is 7270. The van der Waals surface area contributed by atoms with E-state index in [0.717, 1.165) is 126 Å². The number of benzene rings is 17. The smallest absolute Gasteiger partial charge is 0.164 e. The van der Waals surface area contributed by atoms with Gasteiger partial charge in [0.15, 0.2) is 17.5 Å². The maximum Gasteiger partial charge on any atom is 0.164 e. The molecule has 7 heteroatoms. The average molecular weight is 1270 g/mol. The molecule has 100 heavy (non-hydrogen) atoms. The van der Waals surface area contributed by atoms with Crippen molar-refractivity contribution in [2.75, 3.05) is 0 Å². The first-order valence-electron chi connectivity index (χ1n) is 34.2. The van der Waals surface area contributed by atoms with E-state index < -0.39 is 0 Å². The Labute approximate surface area is 572 Å². The molecule has 0 N–H and O–H groups in total. The van der Waals surface area contributed by atoms with E-state index in [1.165, 1.54) is 64.9 Å². The maximum absolute atomic E-state index is 5.67. The van der Waals surface area contributed by atoms with Crippen LogP contribution in [0.4, 0.5) is 0 Å². The Balaban J connectivity index is 0.931. The summed E-state index contributed by atoms with van der Waals surface area (Å²) >= 11 is 0. The number of rotatable bonds is 7. The minimum absolute atomic E-state index is 0.555. The number of hydrogen-bond acceptors (Lipinski definition) is 3. The lowest BCUT2D eigenvalue weighted by Gasteiger charge is -2.17. The van der Waals surface area contributed by atoms with Crippen molar-refractivity contribution >= 4 is 152 Å². The summed E-state index contributed by atoms with van der Waals surface area (Å²) in [7, 11) is 0. The molecule has 0 spiro atoms. The molecule has 17 aromatic carbocycles. The second kappa shape index (κ2) is 21.0. The van der Waals surface area contributed by atoms with Gasteiger partial charge in [-0.05, 0) is 104 Å². The van der Waals surface area contributed by atoms with E-state index in [2.05, 4.69) is 346 Å². The highest BCUT2D eigenvalue weighted by molar-refractivity contribution is 6.33. The molecular weight excluding hydrogens is 1220 g/mol. The van der Waals surface area contributed by atoms with Crippen LogP contribution in [0, 0.1) is 0 Å². The lowest BCUT2D eigenvalue weighted by atomic mass is 10.0. The topological polar surface area (TPSA) is 58.4 Å². The van der Waals surface area contributed by atoms with Gasteiger partial charge in [0.25, 0.3) is 0 Å². The fourth-order valence-electron chi connectivity index (χ4n) is 16.9. The highest BCUT2D eigenvalue weighted by Gasteiger charge is 2.28. The van der Waals surface area contributed by atoms with E-state index in [9.17, 15) is 0 Å². The maximum atomic E-state index is 5.67. The predicted octanol–water partition coefficient (Wildman–Crippen LogP) is 24.2. The summed E-state index contributed by atoms with van der Waals surface area (Å²) in [6, 6.07) is 123. The van der Waals surface area contributed by atoms with Gasteiger partial charge in [0.05, 0.1) is 44.1 Å². The second-order valence-corrected chi connectivity index (χ2v) is 26.6. The van der Waals surface area contributed by atoms with Gasteiger partial charge in [-0.1, -0.05) is 273 Å². The van der Waals surface area contributed by atoms with Gasteiger partial charge < -0.3 is 18.3 Å². The van der Waals surface area contributed by atoms with Crippen molar-refractivity contribution in [1.82, 2.24) is 33.2 Å². The molecule has 0 saturated carbocycles. The minimum Gasteiger partial charge on any atom is -0.309 e. The zero-order valence-electron chi connectivity index (χ0n) is 53.9. The molecule has 0 amide bonds. The first-order chi connectivity index (χ1) is 49.6. The summed E-state index contributed by atoms with van der Waals surface area (Å²) in [6.45, 7) is 0. The number of nitrogens with zero attached hydrogens (tertiary/aromatic N) is 7. The van der Waals surface area contributed by atoms with Crippen LogP contribution in [0.3, 0.4) is 0 Å². The molecule has 5 aromatic heterocycles. The van der Waals surface area contributed by atoms with Gasteiger partial charge in [-0.15, -0.1) is 0 Å². The number of para-hydroxylation sites is 1. The van der Waals surface area contributed by atoms with Gasteiger partial charge in [-0.25, -0.2) is 15.0 Å². The zero-order valence-corrected chi connectivity index (χ0v) is 53.9. The van der Waals surface area contributed by atoms with Crippen molar-refractivity contribution in [1.29, 1.82) is 0 Å². The summed E-state index contributed by atoms with van der Waals surface area (Å²) in [5.41, 5.74) is 15.8. The Morgan fingerprint density at radius 1 is 0.170 bits per heavy atom. The fourth-order valence-corrected chi connectivity index (χ4v) is 16.9. The monoisotopic (exact) mass is 1270 g/mol. The van der Waals surface area contributed by atoms with Crippen LogP contribution >= 0.6 is 0 Å². The van der Waals surface area contributed by atoms with Crippen LogP contribution in [0.1, 0.15) is 0 Å². The summed E-state index contributed by atoms with van der Waals surface area (Å²) in [5.74, 6) is 1.73. The quantitative estimate of drug-likeness (QED) is 0.160. The first-order valence-corrected chi connectivity index (χ1v) is 34.2. The molecule has 0 radical (unpaired) electrons. The van der Waals surface area contributed by atoms with Crippen molar-refractivity contribution in [3.05, 3.63) is 334 Å². The molecule has 0 aliphatic carbocycles. The normalized spacial score (nSPS) is 12.2. The number of hydrogen-bond donors (Lipinski definition) is 0. The molecule has 0 bridgehead atoms. The molecular formula is C93H55N7. The van der Waals surface area contributed by atoms with Crippen molar-refractivity contribution in [3.8, 4) is 56.9 Å². The third-order valence-corrected chi connectivity index (χ3v) is 21.2. The van der Waals surface area contributed by atoms with Crippen LogP contribution in [0.25, 0.3) is 209 Å². The van der Waals surface area contributed by atoms with E-state index in [1.807, 2.05) is 6.07 Å². The molecule has 22 rings (SSSR count). The van der Waals surface area contributed by atoms with Crippen LogP contribution in [0.5, 0.6) is 0 Å². The second-order valence-electron chi connectivity index (χ2n) is 26.6. The van der Waals surface area contributed by atoms with E-state index in [0.29, 0.717) is 17.5 Å². The van der Waals surface area contributed by atoms with Crippen LogP contribution in [-0.4, -0.2) is 33.2 Å². The van der Waals surface area contributed by atoms with Gasteiger partial charge in [0, 0.05) is 104 Å². The Kier molecular flexibility index (Phi) is 11.5. The molecule has 22 aromatic rings. The molecule has 0 aliphatic rings. The van der Waals surface area contributed by atoms with Crippen molar-refractivity contribution in [3.63, 3.8) is 0 Å². The van der Waals surface area contributed by atoms with Gasteiger partial charge in [0.2, 0.25) is 0 Å². The summed E-state index contributed by atoms with van der Waals surface area (Å²) in [4.78, 5) is 16.7. The molecule has 5 heterocycles. The van der Waals surface area contributed by atoms with Crippen molar-refractivity contribution < 1.29 is 0 Å². The van der Waals surface area contributed by atoms with Gasteiger partial charge in [-0.2, -0.15) is 0 Å². The summed E-state index contributed by atoms with van der Waals surface area (Å²) < 4.78 is 10.2. The van der Waals surface area contributed by atoms with E-state index in [4.69, 9.17) is 15.0 Å². The van der Waals surface area contributed by atoms with Gasteiger partial charge >= 0.3 is 0 Å². The molecule has 0 atom stereocenters. The Morgan fingerprint density at radius 2 is 0.520 bits per heavy atom. The lowest BCUT2D eigenvalue weighted by molar-refractivity contribution is 1.07. The van der Waals surface area contributed by atoms with Crippen LogP contribution in [0.2, 0.25) is 0 Å². The van der Waals surface area contributed by atoms with Crippen molar-refractivity contribution in [2.45, 2.75) is 0 Å². The standard InChI is InChI=1S/C93H55N7/c1-3-25-62(26-4-1)91-94-92(65-36-35-56-19-7-9-27-63(56)51-65)96-93(95-91)66-53-69(55-70(54-66)100-86-72-32-16-12-22-59(72)39-44-76(86)78-47-49-81-83(90(78)100)79-45-40-60-23-13-17-33-73(60)87(79)97(81)67-29-5-2-6-30-67)98-82-50-48-77-75-43-38-58-21-11-15-31-71(58)85(75)99(68-42-37-57-20-8-10-28-64(57)52-68)89(77)84(82)80-46-41-61-24-14-18-34-74(61)88(80)98/h1-55H. The minimum atomic E-state index is 0.555. The Hall–Kier alpha value is -13.5. The lowest BCUT2D eigenvalue weighted by Crippen LogP contribution is -2.04. The van der Waals surface area contributed by atoms with E-state index in [1.54, 1.807) is 0 Å². The van der Waals surface area contributed by atoms with E-state index in [-0.39, 0.29) is 0 Å². The number of aromatic nitrogens is 7. The largest absolute Gasteiger partial charge is 0.309 e. The molecule has 0 aliphatic heterocycles. The molecule has 0 fully saturated rings. The summed E-state index contributed by atoms with van der Waals surface area (Å²) in [5, 5.41) is 23.4. The van der Waals surface area contributed by atoms with Crippen molar-refractivity contribution in [2.24, 2.45) is 0 Å². The zero-order chi connectivity index (χ0) is 65.3.